The number of ketones is 1. The molecule has 13 heteroatoms. The fraction of sp³-hybridized carbons (Fsp3) is 0.762. The summed E-state index contributed by atoms with van der Waals surface area (Å²) >= 11 is 0. The number of allylic oxidation sites excluding steroid dienone is 1. The van der Waals surface area contributed by atoms with Crippen LogP contribution in [0.4, 0.5) is 0 Å². The first-order valence-electron chi connectivity index (χ1n) is 30.1. The summed E-state index contributed by atoms with van der Waals surface area (Å²) < 4.78 is 34.9. The molecule has 6 aliphatic heterocycles. The van der Waals surface area contributed by atoms with Gasteiger partial charge in [-0.05, 0) is 174 Å². The van der Waals surface area contributed by atoms with Gasteiger partial charge in [0, 0.05) is 40.8 Å². The van der Waals surface area contributed by atoms with Gasteiger partial charge in [-0.15, -0.1) is 0 Å². The number of carbonyl (C=O) groups is 3. The van der Waals surface area contributed by atoms with Crippen molar-refractivity contribution in [1.82, 2.24) is 10.2 Å². The SMILES string of the molecule is CCC1CCC2(CCC3(C2)C(=O)OCC24C(C(=O)C(O)C5(C6CCCC(Cc7ccccc7)C6)C2CCC2(C)C(c6ccoc6CC(C(O)CO)C6CCC7C(C=CN8CNCC78)C6)OC(=O)C6OC625)C(C)(C)OC34)C1. The summed E-state index contributed by atoms with van der Waals surface area (Å²) in [5.74, 6) is -0.109. The Morgan fingerprint density at radius 2 is 1.75 bits per heavy atom. The van der Waals surface area contributed by atoms with Crippen LogP contribution in [0, 0.1) is 80.3 Å². The average molecular weight is 1050 g/mol. The highest BCUT2D eigenvalue weighted by atomic mass is 16.7. The number of benzene rings is 1. The maximum absolute atomic E-state index is 16.3. The Bertz CT molecular complexity index is 2650. The number of cyclic esters (lactones) is 2. The standard InChI is InChI=1S/C63H84N2O11/c1-5-36-16-21-59(30-36)22-23-60(33-59)55-61(34-73-56(60)71)48-17-20-58(4)52(43-19-25-72-47(43)29-44(46(67)32-66)39-14-15-42-40(28-39)18-24-65-35-64-31-45(42)65)74-54(70)53-63(58,75-53)62(48,51(69)49(68)50(61)57(2,3)76-55)41-13-9-12-38(27-41)26-37-10-7-6-8-11-37/h6-8,10-11,18-19,24-25,36,38-42,44-46,48,50-53,55,64,66-67,69H,5,9,12-17,20-23,26-35H2,1-4H3. The lowest BCUT2D eigenvalue weighted by Crippen LogP contribution is -2.80. The van der Waals surface area contributed by atoms with Crippen LogP contribution in [0.25, 0.3) is 0 Å². The quantitative estimate of drug-likeness (QED) is 0.132. The Hall–Kier alpha value is -3.59. The zero-order valence-corrected chi connectivity index (χ0v) is 45.5. The largest absolute Gasteiger partial charge is 0.469 e. The molecule has 1 aromatic heterocycles. The van der Waals surface area contributed by atoms with Crippen molar-refractivity contribution >= 4 is 17.7 Å². The number of fused-ring (bicyclic) bond motifs is 5. The van der Waals surface area contributed by atoms with E-state index in [0.717, 1.165) is 102 Å². The number of nitrogens with one attached hydrogen (secondary N) is 1. The third kappa shape index (κ3) is 6.74. The molecule has 6 saturated carbocycles. The predicted octanol–water partition coefficient (Wildman–Crippen LogP) is 8.42. The highest BCUT2D eigenvalue weighted by Gasteiger charge is 2.94. The lowest BCUT2D eigenvalue weighted by Gasteiger charge is -2.70. The number of aliphatic hydroxyl groups excluding tert-OH is 3. The van der Waals surface area contributed by atoms with E-state index in [-0.39, 0.29) is 54.1 Å². The molecule has 4 N–H and O–H groups in total. The molecular weight excluding hydrogens is 961 g/mol. The first kappa shape index (κ1) is 50.6. The molecule has 12 aliphatic rings. The van der Waals surface area contributed by atoms with Gasteiger partial charge in [-0.2, -0.15) is 0 Å². The Kier molecular flexibility index (Phi) is 11.8. The summed E-state index contributed by atoms with van der Waals surface area (Å²) in [5.41, 5.74) is -4.49. The number of epoxide rings is 1. The number of aliphatic hydroxyl groups is 3. The summed E-state index contributed by atoms with van der Waals surface area (Å²) in [5, 5.41) is 39.9. The van der Waals surface area contributed by atoms with Gasteiger partial charge in [0.25, 0.3) is 0 Å². The Morgan fingerprint density at radius 3 is 2.55 bits per heavy atom. The van der Waals surface area contributed by atoms with E-state index >= 15 is 14.4 Å². The Morgan fingerprint density at radius 1 is 0.908 bits per heavy atom. The number of nitrogens with zero attached hydrogens (tertiary/aromatic N) is 1. The highest BCUT2D eigenvalue weighted by Crippen LogP contribution is 2.84. The minimum absolute atomic E-state index is 0.0119. The summed E-state index contributed by atoms with van der Waals surface area (Å²) in [4.78, 5) is 49.0. The van der Waals surface area contributed by atoms with Crippen molar-refractivity contribution in [2.45, 2.75) is 191 Å². The van der Waals surface area contributed by atoms with E-state index in [0.29, 0.717) is 61.7 Å². The summed E-state index contributed by atoms with van der Waals surface area (Å²) in [6.45, 7) is 9.98. The van der Waals surface area contributed by atoms with Gasteiger partial charge < -0.3 is 43.6 Å². The minimum atomic E-state index is -1.49. The summed E-state index contributed by atoms with van der Waals surface area (Å²) in [6, 6.07) is 13.0. The lowest BCUT2D eigenvalue weighted by atomic mass is 9.32. The van der Waals surface area contributed by atoms with E-state index in [1.807, 2.05) is 26.0 Å². The van der Waals surface area contributed by atoms with Crippen LogP contribution in [0.5, 0.6) is 0 Å². The second-order valence-corrected chi connectivity index (χ2v) is 28.1. The van der Waals surface area contributed by atoms with Gasteiger partial charge in [0.05, 0.1) is 48.7 Å². The van der Waals surface area contributed by atoms with E-state index in [4.69, 9.17) is 23.4 Å². The molecule has 6 aliphatic carbocycles. The van der Waals surface area contributed by atoms with Crippen LogP contribution in [-0.4, -0.2) is 106 Å². The summed E-state index contributed by atoms with van der Waals surface area (Å²) in [7, 11) is 0. The summed E-state index contributed by atoms with van der Waals surface area (Å²) in [6.07, 6.45) is 16.6. The van der Waals surface area contributed by atoms with E-state index in [2.05, 4.69) is 60.6 Å². The molecule has 14 rings (SSSR count). The molecule has 0 bridgehead atoms. The van der Waals surface area contributed by atoms with Gasteiger partial charge >= 0.3 is 11.9 Å². The fourth-order valence-corrected chi connectivity index (χ4v) is 21.8. The number of hydrogen-bond acceptors (Lipinski definition) is 13. The van der Waals surface area contributed by atoms with Crippen molar-refractivity contribution < 1.29 is 53.1 Å². The molecular formula is C63H84N2O11. The normalized spacial score (nSPS) is 48.2. The molecule has 76 heavy (non-hydrogen) atoms. The van der Waals surface area contributed by atoms with Crippen molar-refractivity contribution in [2.75, 3.05) is 26.4 Å². The topological polar surface area (TPSA) is 181 Å². The fourth-order valence-electron chi connectivity index (χ4n) is 21.8. The number of hydrogen-bond donors (Lipinski definition) is 4. The molecule has 21 atom stereocenters. The Labute approximate surface area is 448 Å². The van der Waals surface area contributed by atoms with Crippen LogP contribution in [0.15, 0.2) is 59.4 Å². The average Bonchev–Trinajstić information content (AvgIpc) is 3.89. The molecule has 1 aromatic carbocycles. The Balaban J connectivity index is 0.879. The third-order valence-electron chi connectivity index (χ3n) is 24.7. The molecule has 11 fully saturated rings. The van der Waals surface area contributed by atoms with Gasteiger partial charge in [0.1, 0.15) is 30.2 Å². The van der Waals surface area contributed by atoms with Crippen molar-refractivity contribution in [3.63, 3.8) is 0 Å². The first-order valence-corrected chi connectivity index (χ1v) is 30.1. The van der Waals surface area contributed by atoms with Gasteiger partial charge in [0.15, 0.2) is 11.9 Å². The number of esters is 2. The van der Waals surface area contributed by atoms with E-state index in [1.165, 1.54) is 5.56 Å². The maximum atomic E-state index is 16.3. The monoisotopic (exact) mass is 1040 g/mol. The zero-order valence-electron chi connectivity index (χ0n) is 45.5. The van der Waals surface area contributed by atoms with Gasteiger partial charge in [-0.3, -0.25) is 14.9 Å². The van der Waals surface area contributed by atoms with Crippen molar-refractivity contribution in [1.29, 1.82) is 0 Å². The molecule has 21 unspecified atom stereocenters. The minimum Gasteiger partial charge on any atom is -0.469 e. The number of rotatable bonds is 10. The molecule has 5 saturated heterocycles. The van der Waals surface area contributed by atoms with Crippen LogP contribution in [0.3, 0.4) is 0 Å². The molecule has 0 radical (unpaired) electrons. The zero-order chi connectivity index (χ0) is 52.4. The smallest absolute Gasteiger partial charge is 0.339 e. The van der Waals surface area contributed by atoms with Crippen molar-refractivity contribution in [3.8, 4) is 0 Å². The lowest BCUT2D eigenvalue weighted by molar-refractivity contribution is -0.286. The number of carbonyl (C=O) groups excluding carboxylic acids is 3. The third-order valence-corrected chi connectivity index (χ3v) is 24.7. The van der Waals surface area contributed by atoms with Crippen LogP contribution in [0.2, 0.25) is 0 Å². The van der Waals surface area contributed by atoms with Crippen LogP contribution in [0.1, 0.15) is 153 Å². The van der Waals surface area contributed by atoms with Crippen LogP contribution < -0.4 is 5.32 Å². The van der Waals surface area contributed by atoms with Crippen LogP contribution in [-0.2, 0) is 46.2 Å². The number of ether oxygens (including phenoxy) is 4. The second kappa shape index (κ2) is 17.7. The van der Waals surface area contributed by atoms with Crippen LogP contribution >= 0.6 is 0 Å². The van der Waals surface area contributed by atoms with Crippen molar-refractivity contribution in [2.24, 2.45) is 80.3 Å². The molecule has 13 nitrogen and oxygen atoms in total. The van der Waals surface area contributed by atoms with E-state index < -0.39 is 81.2 Å². The molecule has 4 spiro atoms. The first-order chi connectivity index (χ1) is 36.6. The molecule has 7 heterocycles. The van der Waals surface area contributed by atoms with Crippen molar-refractivity contribution in [3.05, 3.63) is 71.8 Å². The second-order valence-electron chi connectivity index (χ2n) is 28.1. The molecule has 412 valence electrons. The molecule has 2 aromatic rings. The maximum Gasteiger partial charge on any atom is 0.339 e. The van der Waals surface area contributed by atoms with E-state index in [1.54, 1.807) is 6.26 Å². The molecule has 0 amide bonds. The van der Waals surface area contributed by atoms with E-state index in [9.17, 15) is 15.3 Å². The van der Waals surface area contributed by atoms with Gasteiger partial charge in [-0.1, -0.05) is 69.5 Å². The van der Waals surface area contributed by atoms with Gasteiger partial charge in [-0.25, -0.2) is 4.79 Å². The highest BCUT2D eigenvalue weighted by molar-refractivity contribution is 5.93. The predicted molar refractivity (Wildman–Crippen MR) is 279 cm³/mol. The van der Waals surface area contributed by atoms with Gasteiger partial charge in [0.2, 0.25) is 0 Å². The number of furan rings is 1. The number of Topliss-reactive ketones (excluding diaryl/α,β-unsaturated/α-hetero) is 1.